The molecule has 0 amide bonds. The Hall–Kier alpha value is -0.610. The zero-order valence-electron chi connectivity index (χ0n) is 7.30. The van der Waals surface area contributed by atoms with Crippen molar-refractivity contribution in [2.75, 3.05) is 7.11 Å². The highest BCUT2D eigenvalue weighted by Crippen LogP contribution is 2.33. The van der Waals surface area contributed by atoms with E-state index >= 15 is 0 Å². The van der Waals surface area contributed by atoms with Crippen LogP contribution in [0.15, 0.2) is 16.0 Å². The van der Waals surface area contributed by atoms with E-state index in [2.05, 4.69) is 33.9 Å². The number of nitrogens with zero attached hydrogens (tertiary/aromatic N) is 1. The molecule has 0 aliphatic heterocycles. The first-order valence-corrected chi connectivity index (χ1v) is 5.42. The first kappa shape index (κ1) is 8.97. The maximum absolute atomic E-state index is 5.24. The van der Waals surface area contributed by atoms with Crippen LogP contribution in [0.3, 0.4) is 0 Å². The predicted molar refractivity (Wildman–Crippen MR) is 58.6 cm³/mol. The van der Waals surface area contributed by atoms with Gasteiger partial charge in [0.15, 0.2) is 3.92 Å². The van der Waals surface area contributed by atoms with E-state index in [1.165, 1.54) is 5.56 Å². The van der Waals surface area contributed by atoms with E-state index in [0.717, 1.165) is 19.9 Å². The lowest BCUT2D eigenvalue weighted by molar-refractivity contribution is 0.418. The summed E-state index contributed by atoms with van der Waals surface area (Å²) in [4.78, 5) is 4.34. The summed E-state index contributed by atoms with van der Waals surface area (Å²) in [5.74, 6) is 0.844. The molecule has 0 bridgehead atoms. The van der Waals surface area contributed by atoms with Crippen molar-refractivity contribution >= 4 is 37.5 Å². The summed E-state index contributed by atoms with van der Waals surface area (Å²) in [5.41, 5.74) is 2.13. The smallest absolute Gasteiger partial charge is 0.160 e. The van der Waals surface area contributed by atoms with Gasteiger partial charge in [0.05, 0.1) is 11.8 Å². The molecule has 0 N–H and O–H groups in total. The molecule has 1 heterocycles. The van der Waals surface area contributed by atoms with Gasteiger partial charge in [-0.25, -0.2) is 4.98 Å². The van der Waals surface area contributed by atoms with E-state index < -0.39 is 0 Å². The quantitative estimate of drug-likeness (QED) is 0.782. The topological polar surface area (TPSA) is 22.1 Å². The van der Waals surface area contributed by atoms with Crippen molar-refractivity contribution in [1.29, 1.82) is 0 Å². The predicted octanol–water partition coefficient (Wildman–Crippen LogP) is 3.38. The SMILES string of the molecule is COc1cc(C)cc2sc(Br)nc12. The number of hydrogen-bond acceptors (Lipinski definition) is 3. The van der Waals surface area contributed by atoms with Crippen molar-refractivity contribution in [3.8, 4) is 5.75 Å². The fourth-order valence-corrected chi connectivity index (χ4v) is 2.77. The van der Waals surface area contributed by atoms with Crippen LogP contribution in [0.4, 0.5) is 0 Å². The number of benzene rings is 1. The Morgan fingerprint density at radius 3 is 2.92 bits per heavy atom. The average molecular weight is 258 g/mol. The molecule has 0 unspecified atom stereocenters. The van der Waals surface area contributed by atoms with E-state index in [1.54, 1.807) is 18.4 Å². The third-order valence-electron chi connectivity index (χ3n) is 1.80. The molecule has 0 radical (unpaired) electrons. The van der Waals surface area contributed by atoms with Crippen LogP contribution >= 0.6 is 27.3 Å². The van der Waals surface area contributed by atoms with Gasteiger partial charge < -0.3 is 4.74 Å². The first-order chi connectivity index (χ1) is 6.20. The lowest BCUT2D eigenvalue weighted by Crippen LogP contribution is -1.85. The molecule has 13 heavy (non-hydrogen) atoms. The maximum atomic E-state index is 5.24. The number of halogens is 1. The molecular formula is C9H8BrNOS. The lowest BCUT2D eigenvalue weighted by Gasteiger charge is -2.01. The molecule has 0 spiro atoms. The van der Waals surface area contributed by atoms with Crippen LogP contribution < -0.4 is 4.74 Å². The first-order valence-electron chi connectivity index (χ1n) is 3.81. The van der Waals surface area contributed by atoms with Gasteiger partial charge in [-0.05, 0) is 40.5 Å². The van der Waals surface area contributed by atoms with Gasteiger partial charge in [-0.1, -0.05) is 0 Å². The van der Waals surface area contributed by atoms with Crippen molar-refractivity contribution < 1.29 is 4.74 Å². The zero-order chi connectivity index (χ0) is 9.42. The molecule has 0 aliphatic carbocycles. The van der Waals surface area contributed by atoms with Crippen LogP contribution in [0.5, 0.6) is 5.75 Å². The molecule has 68 valence electrons. The van der Waals surface area contributed by atoms with Crippen LogP contribution in [-0.2, 0) is 0 Å². The molecule has 2 nitrogen and oxygen atoms in total. The van der Waals surface area contributed by atoms with Crippen LogP contribution in [0.25, 0.3) is 10.2 Å². The number of aryl methyl sites for hydroxylation is 1. The van der Waals surface area contributed by atoms with E-state index in [4.69, 9.17) is 4.74 Å². The number of fused-ring (bicyclic) bond motifs is 1. The van der Waals surface area contributed by atoms with Gasteiger partial charge in [0.1, 0.15) is 11.3 Å². The fraction of sp³-hybridized carbons (Fsp3) is 0.222. The summed E-state index contributed by atoms with van der Waals surface area (Å²) in [6.07, 6.45) is 0. The highest BCUT2D eigenvalue weighted by Gasteiger charge is 2.07. The van der Waals surface area contributed by atoms with Crippen LogP contribution in [0, 0.1) is 6.92 Å². The van der Waals surface area contributed by atoms with Crippen LogP contribution in [-0.4, -0.2) is 12.1 Å². The summed E-state index contributed by atoms with van der Waals surface area (Å²) in [6, 6.07) is 4.11. The number of hydrogen-bond donors (Lipinski definition) is 0. The number of methoxy groups -OCH3 is 1. The zero-order valence-corrected chi connectivity index (χ0v) is 9.70. The van der Waals surface area contributed by atoms with Gasteiger partial charge in [0.2, 0.25) is 0 Å². The summed E-state index contributed by atoms with van der Waals surface area (Å²) in [6.45, 7) is 2.05. The third kappa shape index (κ3) is 1.56. The molecule has 0 saturated heterocycles. The molecule has 0 atom stereocenters. The number of ether oxygens (including phenoxy) is 1. The summed E-state index contributed by atoms with van der Waals surface area (Å²) < 4.78 is 7.30. The number of thiazole rings is 1. The molecule has 4 heteroatoms. The Kier molecular flexibility index (Phi) is 2.26. The highest BCUT2D eigenvalue weighted by atomic mass is 79.9. The standard InChI is InChI=1S/C9H8BrNOS/c1-5-3-6(12-2)8-7(4-5)13-9(10)11-8/h3-4H,1-2H3. The largest absolute Gasteiger partial charge is 0.494 e. The second-order valence-corrected chi connectivity index (χ2v) is 5.09. The Balaban J connectivity index is 2.80. The average Bonchev–Trinajstić information content (AvgIpc) is 2.43. The molecule has 0 fully saturated rings. The van der Waals surface area contributed by atoms with Crippen molar-refractivity contribution in [1.82, 2.24) is 4.98 Å². The fourth-order valence-electron chi connectivity index (χ4n) is 1.26. The molecule has 2 aromatic rings. The van der Waals surface area contributed by atoms with E-state index in [-0.39, 0.29) is 0 Å². The normalized spacial score (nSPS) is 10.7. The second kappa shape index (κ2) is 3.27. The number of aromatic nitrogens is 1. The monoisotopic (exact) mass is 257 g/mol. The van der Waals surface area contributed by atoms with E-state index in [1.807, 2.05) is 6.07 Å². The number of rotatable bonds is 1. The molecule has 1 aromatic carbocycles. The Morgan fingerprint density at radius 2 is 2.23 bits per heavy atom. The Bertz CT molecular complexity index is 452. The highest BCUT2D eigenvalue weighted by molar-refractivity contribution is 9.11. The molecule has 0 saturated carbocycles. The summed E-state index contributed by atoms with van der Waals surface area (Å²) in [7, 11) is 1.67. The minimum absolute atomic E-state index is 0.844. The molecule has 2 rings (SSSR count). The molecular weight excluding hydrogens is 250 g/mol. The van der Waals surface area contributed by atoms with Gasteiger partial charge in [-0.2, -0.15) is 0 Å². The van der Waals surface area contributed by atoms with Gasteiger partial charge in [-0.3, -0.25) is 0 Å². The van der Waals surface area contributed by atoms with Crippen LogP contribution in [0.2, 0.25) is 0 Å². The van der Waals surface area contributed by atoms with Crippen molar-refractivity contribution in [2.24, 2.45) is 0 Å². The Morgan fingerprint density at radius 1 is 1.46 bits per heavy atom. The summed E-state index contributed by atoms with van der Waals surface area (Å²) in [5, 5.41) is 0. The van der Waals surface area contributed by atoms with Crippen LogP contribution in [0.1, 0.15) is 5.56 Å². The van der Waals surface area contributed by atoms with Gasteiger partial charge in [0.25, 0.3) is 0 Å². The van der Waals surface area contributed by atoms with E-state index in [0.29, 0.717) is 0 Å². The van der Waals surface area contributed by atoms with Gasteiger partial charge in [-0.15, -0.1) is 11.3 Å². The van der Waals surface area contributed by atoms with Crippen molar-refractivity contribution in [2.45, 2.75) is 6.92 Å². The summed E-state index contributed by atoms with van der Waals surface area (Å²) >= 11 is 4.99. The van der Waals surface area contributed by atoms with Crippen molar-refractivity contribution in [3.63, 3.8) is 0 Å². The van der Waals surface area contributed by atoms with Crippen molar-refractivity contribution in [3.05, 3.63) is 21.6 Å². The minimum Gasteiger partial charge on any atom is -0.494 e. The molecule has 1 aromatic heterocycles. The second-order valence-electron chi connectivity index (χ2n) is 2.78. The Labute approximate surface area is 88.7 Å². The lowest BCUT2D eigenvalue weighted by atomic mass is 10.2. The maximum Gasteiger partial charge on any atom is 0.160 e. The van der Waals surface area contributed by atoms with Gasteiger partial charge >= 0.3 is 0 Å². The third-order valence-corrected chi connectivity index (χ3v) is 3.25. The molecule has 0 aliphatic rings. The minimum atomic E-state index is 0.844. The van der Waals surface area contributed by atoms with E-state index in [9.17, 15) is 0 Å². The van der Waals surface area contributed by atoms with Gasteiger partial charge in [0, 0.05) is 0 Å².